The van der Waals surface area contributed by atoms with Gasteiger partial charge in [0.05, 0.1) is 6.61 Å². The van der Waals surface area contributed by atoms with E-state index in [9.17, 15) is 4.79 Å². The average Bonchev–Trinajstić information content (AvgIpc) is 2.25. The molecule has 0 fully saturated rings. The van der Waals surface area contributed by atoms with Crippen molar-refractivity contribution >= 4 is 11.7 Å². The minimum atomic E-state index is -1.03. The number of benzene rings is 1. The summed E-state index contributed by atoms with van der Waals surface area (Å²) in [5.41, 5.74) is 6.06. The molecule has 0 aliphatic heterocycles. The molecule has 1 rings (SSSR count). The molecule has 0 saturated heterocycles. The second kappa shape index (κ2) is 6.10. The molecule has 0 saturated carbocycles. The molecule has 0 radical (unpaired) electrons. The molecular formula is C12H18N2O3. The number of aromatic carboxylic acids is 1. The number of nitrogen functional groups attached to an aromatic ring is 1. The van der Waals surface area contributed by atoms with Crippen LogP contribution in [-0.4, -0.2) is 43.2 Å². The van der Waals surface area contributed by atoms with Gasteiger partial charge in [-0.1, -0.05) is 0 Å². The van der Waals surface area contributed by atoms with Crippen LogP contribution in [0.1, 0.15) is 16.8 Å². The second-order valence-corrected chi connectivity index (χ2v) is 4.07. The van der Waals surface area contributed by atoms with Gasteiger partial charge in [-0.25, -0.2) is 4.79 Å². The van der Waals surface area contributed by atoms with Gasteiger partial charge < -0.3 is 20.5 Å². The number of rotatable bonds is 6. The second-order valence-electron chi connectivity index (χ2n) is 4.07. The van der Waals surface area contributed by atoms with Gasteiger partial charge in [-0.05, 0) is 38.7 Å². The molecule has 17 heavy (non-hydrogen) atoms. The van der Waals surface area contributed by atoms with Crippen molar-refractivity contribution in [2.75, 3.05) is 33.0 Å². The predicted molar refractivity (Wildman–Crippen MR) is 66.5 cm³/mol. The van der Waals surface area contributed by atoms with Gasteiger partial charge in [-0.15, -0.1) is 0 Å². The Bertz CT molecular complexity index is 391. The van der Waals surface area contributed by atoms with E-state index in [2.05, 4.69) is 0 Å². The van der Waals surface area contributed by atoms with E-state index in [-0.39, 0.29) is 5.56 Å². The first-order valence-electron chi connectivity index (χ1n) is 5.41. The van der Waals surface area contributed by atoms with Crippen molar-refractivity contribution in [2.45, 2.75) is 6.42 Å². The van der Waals surface area contributed by atoms with Crippen molar-refractivity contribution in [2.24, 2.45) is 0 Å². The normalized spacial score (nSPS) is 10.5. The summed E-state index contributed by atoms with van der Waals surface area (Å²) in [7, 11) is 3.96. The third-order valence-electron chi connectivity index (χ3n) is 2.24. The summed E-state index contributed by atoms with van der Waals surface area (Å²) in [5, 5.41) is 8.99. The Hall–Kier alpha value is -1.75. The van der Waals surface area contributed by atoms with E-state index in [1.807, 2.05) is 19.0 Å². The number of anilines is 1. The van der Waals surface area contributed by atoms with Gasteiger partial charge in [0.25, 0.3) is 0 Å². The number of carboxylic acid groups (broad SMARTS) is 1. The Labute approximate surface area is 101 Å². The SMILES string of the molecule is CN(C)CCCOc1ccc(N)cc1C(=O)O. The lowest BCUT2D eigenvalue weighted by atomic mass is 10.2. The number of hydrogen-bond acceptors (Lipinski definition) is 4. The van der Waals surface area contributed by atoms with Gasteiger partial charge in [0.2, 0.25) is 0 Å². The highest BCUT2D eigenvalue weighted by Crippen LogP contribution is 2.21. The fraction of sp³-hybridized carbons (Fsp3) is 0.417. The molecule has 0 bridgehead atoms. The number of carbonyl (C=O) groups is 1. The Morgan fingerprint density at radius 1 is 1.47 bits per heavy atom. The van der Waals surface area contributed by atoms with E-state index in [0.29, 0.717) is 18.0 Å². The van der Waals surface area contributed by atoms with Crippen LogP contribution in [-0.2, 0) is 0 Å². The monoisotopic (exact) mass is 238 g/mol. The standard InChI is InChI=1S/C12H18N2O3/c1-14(2)6-3-7-17-11-5-4-9(13)8-10(11)12(15)16/h4-5,8H,3,6-7,13H2,1-2H3,(H,15,16). The Balaban J connectivity index is 2.61. The quantitative estimate of drug-likeness (QED) is 0.577. The van der Waals surface area contributed by atoms with Gasteiger partial charge in [-0.2, -0.15) is 0 Å². The lowest BCUT2D eigenvalue weighted by molar-refractivity contribution is 0.0692. The molecule has 0 aliphatic carbocycles. The highest BCUT2D eigenvalue weighted by Gasteiger charge is 2.11. The molecule has 0 amide bonds. The molecule has 3 N–H and O–H groups in total. The topological polar surface area (TPSA) is 75.8 Å². The van der Waals surface area contributed by atoms with Crippen LogP contribution in [0.5, 0.6) is 5.75 Å². The van der Waals surface area contributed by atoms with E-state index >= 15 is 0 Å². The molecule has 94 valence electrons. The summed E-state index contributed by atoms with van der Waals surface area (Å²) in [6, 6.07) is 4.63. The highest BCUT2D eigenvalue weighted by atomic mass is 16.5. The molecule has 0 aliphatic rings. The third-order valence-corrected chi connectivity index (χ3v) is 2.24. The summed E-state index contributed by atoms with van der Waals surface area (Å²) < 4.78 is 5.44. The molecule has 0 unspecified atom stereocenters. The summed E-state index contributed by atoms with van der Waals surface area (Å²) in [5.74, 6) is -0.662. The zero-order chi connectivity index (χ0) is 12.8. The molecule has 0 aromatic heterocycles. The van der Waals surface area contributed by atoms with Crippen LogP contribution in [0.15, 0.2) is 18.2 Å². The molecule has 0 atom stereocenters. The summed E-state index contributed by atoms with van der Waals surface area (Å²) in [6.07, 6.45) is 0.844. The molecule has 1 aromatic carbocycles. The molecule has 5 nitrogen and oxygen atoms in total. The van der Waals surface area contributed by atoms with Crippen molar-refractivity contribution in [1.29, 1.82) is 0 Å². The molecule has 0 spiro atoms. The lowest BCUT2D eigenvalue weighted by Gasteiger charge is -2.12. The first-order valence-corrected chi connectivity index (χ1v) is 5.41. The van der Waals surface area contributed by atoms with Gasteiger partial charge in [0.15, 0.2) is 0 Å². The molecular weight excluding hydrogens is 220 g/mol. The van der Waals surface area contributed by atoms with E-state index in [1.165, 1.54) is 6.07 Å². The number of ether oxygens (including phenoxy) is 1. The summed E-state index contributed by atoms with van der Waals surface area (Å²) >= 11 is 0. The van der Waals surface area contributed by atoms with Crippen molar-refractivity contribution in [1.82, 2.24) is 4.90 Å². The predicted octanol–water partition coefficient (Wildman–Crippen LogP) is 1.30. The van der Waals surface area contributed by atoms with Crippen LogP contribution in [0.25, 0.3) is 0 Å². The van der Waals surface area contributed by atoms with Gasteiger partial charge in [0.1, 0.15) is 11.3 Å². The van der Waals surface area contributed by atoms with Crippen LogP contribution in [0.3, 0.4) is 0 Å². The highest BCUT2D eigenvalue weighted by molar-refractivity contribution is 5.92. The van der Waals surface area contributed by atoms with Crippen LogP contribution < -0.4 is 10.5 Å². The summed E-state index contributed by atoms with van der Waals surface area (Å²) in [4.78, 5) is 13.0. The van der Waals surface area contributed by atoms with E-state index in [4.69, 9.17) is 15.6 Å². The van der Waals surface area contributed by atoms with E-state index in [1.54, 1.807) is 12.1 Å². The number of nitrogens with zero attached hydrogens (tertiary/aromatic N) is 1. The minimum Gasteiger partial charge on any atom is -0.493 e. The summed E-state index contributed by atoms with van der Waals surface area (Å²) in [6.45, 7) is 1.39. The number of hydrogen-bond donors (Lipinski definition) is 2. The van der Waals surface area contributed by atoms with Gasteiger partial charge in [-0.3, -0.25) is 0 Å². The van der Waals surface area contributed by atoms with Crippen molar-refractivity contribution < 1.29 is 14.6 Å². The van der Waals surface area contributed by atoms with Crippen LogP contribution in [0.4, 0.5) is 5.69 Å². The molecule has 1 aromatic rings. The Kier molecular flexibility index (Phi) is 4.78. The number of carboxylic acids is 1. The third kappa shape index (κ3) is 4.32. The van der Waals surface area contributed by atoms with E-state index in [0.717, 1.165) is 13.0 Å². The lowest BCUT2D eigenvalue weighted by Crippen LogP contribution is -2.16. The molecule has 0 heterocycles. The van der Waals surface area contributed by atoms with Crippen LogP contribution in [0.2, 0.25) is 0 Å². The maximum atomic E-state index is 11.0. The first kappa shape index (κ1) is 13.3. The van der Waals surface area contributed by atoms with E-state index < -0.39 is 5.97 Å². The first-order chi connectivity index (χ1) is 8.00. The largest absolute Gasteiger partial charge is 0.493 e. The maximum absolute atomic E-state index is 11.0. The molecule has 5 heteroatoms. The Morgan fingerprint density at radius 2 is 2.18 bits per heavy atom. The average molecular weight is 238 g/mol. The van der Waals surface area contributed by atoms with Crippen molar-refractivity contribution in [3.05, 3.63) is 23.8 Å². The van der Waals surface area contributed by atoms with Crippen LogP contribution in [0, 0.1) is 0 Å². The number of nitrogens with two attached hydrogens (primary N) is 1. The van der Waals surface area contributed by atoms with Crippen LogP contribution >= 0.6 is 0 Å². The van der Waals surface area contributed by atoms with Gasteiger partial charge >= 0.3 is 5.97 Å². The maximum Gasteiger partial charge on any atom is 0.339 e. The Morgan fingerprint density at radius 3 is 2.76 bits per heavy atom. The van der Waals surface area contributed by atoms with Gasteiger partial charge in [0, 0.05) is 12.2 Å². The minimum absolute atomic E-state index is 0.106. The zero-order valence-electron chi connectivity index (χ0n) is 10.1. The fourth-order valence-corrected chi connectivity index (χ4v) is 1.40. The zero-order valence-corrected chi connectivity index (χ0v) is 10.1. The van der Waals surface area contributed by atoms with Crippen molar-refractivity contribution in [3.8, 4) is 5.75 Å². The smallest absolute Gasteiger partial charge is 0.339 e. The fourth-order valence-electron chi connectivity index (χ4n) is 1.40. The van der Waals surface area contributed by atoms with Crippen molar-refractivity contribution in [3.63, 3.8) is 0 Å².